The van der Waals surface area contributed by atoms with Crippen molar-refractivity contribution in [3.8, 4) is 0 Å². The van der Waals surface area contributed by atoms with Crippen LogP contribution in [-0.4, -0.2) is 68.2 Å². The first-order valence-corrected chi connectivity index (χ1v) is 10.5. The van der Waals surface area contributed by atoms with E-state index in [4.69, 9.17) is 4.74 Å². The van der Waals surface area contributed by atoms with E-state index < -0.39 is 0 Å². The molecule has 2 aliphatic heterocycles. The van der Waals surface area contributed by atoms with Gasteiger partial charge in [-0.1, -0.05) is 17.7 Å². The van der Waals surface area contributed by atoms with Gasteiger partial charge >= 0.3 is 0 Å². The van der Waals surface area contributed by atoms with Crippen LogP contribution in [0.25, 0.3) is 0 Å². The third-order valence-electron chi connectivity index (χ3n) is 6.10. The molecule has 0 spiro atoms. The van der Waals surface area contributed by atoms with Crippen molar-refractivity contribution in [3.63, 3.8) is 0 Å². The van der Waals surface area contributed by atoms with E-state index in [1.54, 1.807) is 13.2 Å². The molecule has 3 rings (SSSR count). The van der Waals surface area contributed by atoms with Gasteiger partial charge in [0.1, 0.15) is 5.82 Å². The van der Waals surface area contributed by atoms with E-state index in [1.165, 1.54) is 0 Å². The van der Waals surface area contributed by atoms with Crippen LogP contribution in [0.5, 0.6) is 0 Å². The van der Waals surface area contributed by atoms with E-state index in [-0.39, 0.29) is 17.6 Å². The van der Waals surface area contributed by atoms with Crippen molar-refractivity contribution in [3.05, 3.63) is 35.1 Å². The molecule has 0 radical (unpaired) electrons. The molecule has 0 bridgehead atoms. The molecule has 2 aliphatic rings. The summed E-state index contributed by atoms with van der Waals surface area (Å²) in [4.78, 5) is 17.2. The predicted octanol–water partition coefficient (Wildman–Crippen LogP) is 2.57. The molecule has 0 aromatic heterocycles. The summed E-state index contributed by atoms with van der Waals surface area (Å²) in [6, 6.07) is 5.89. The Hall–Kier alpha value is -1.50. The number of halogens is 1. The predicted molar refractivity (Wildman–Crippen MR) is 109 cm³/mol. The fourth-order valence-electron chi connectivity index (χ4n) is 4.48. The zero-order valence-corrected chi connectivity index (χ0v) is 17.3. The van der Waals surface area contributed by atoms with Gasteiger partial charge in [-0.3, -0.25) is 14.6 Å². The first-order chi connectivity index (χ1) is 13.6. The van der Waals surface area contributed by atoms with Crippen LogP contribution in [0.1, 0.15) is 36.8 Å². The Kier molecular flexibility index (Phi) is 7.82. The summed E-state index contributed by atoms with van der Waals surface area (Å²) in [7, 11) is 1.65. The van der Waals surface area contributed by atoms with Gasteiger partial charge in [-0.2, -0.15) is 0 Å². The first-order valence-electron chi connectivity index (χ1n) is 10.5. The number of carbonyl (C=O) groups is 1. The number of amides is 1. The second-order valence-corrected chi connectivity index (χ2v) is 8.22. The normalized spacial score (nSPS) is 22.3. The molecule has 5 nitrogen and oxygen atoms in total. The van der Waals surface area contributed by atoms with Crippen LogP contribution in [0, 0.1) is 18.7 Å². The van der Waals surface area contributed by atoms with Crippen LogP contribution in [-0.2, 0) is 16.1 Å². The van der Waals surface area contributed by atoms with Gasteiger partial charge in [0.2, 0.25) is 5.91 Å². The zero-order valence-electron chi connectivity index (χ0n) is 17.3. The van der Waals surface area contributed by atoms with Crippen molar-refractivity contribution in [2.45, 2.75) is 45.2 Å². The number of hydrogen-bond donors (Lipinski definition) is 1. The number of carbonyl (C=O) groups excluding carboxylic acids is 1. The van der Waals surface area contributed by atoms with Crippen molar-refractivity contribution in [1.82, 2.24) is 15.1 Å². The lowest BCUT2D eigenvalue weighted by atomic mass is 9.93. The van der Waals surface area contributed by atoms with Gasteiger partial charge in [-0.05, 0) is 58.3 Å². The number of nitrogens with one attached hydrogen (secondary N) is 1. The fourth-order valence-corrected chi connectivity index (χ4v) is 4.48. The second kappa shape index (κ2) is 10.3. The summed E-state index contributed by atoms with van der Waals surface area (Å²) >= 11 is 0. The fraction of sp³-hybridized carbons (Fsp3) is 0.682. The smallest absolute Gasteiger partial charge is 0.224 e. The van der Waals surface area contributed by atoms with Crippen molar-refractivity contribution < 1.29 is 13.9 Å². The van der Waals surface area contributed by atoms with Crippen molar-refractivity contribution in [2.24, 2.45) is 5.92 Å². The third kappa shape index (κ3) is 5.75. The summed E-state index contributed by atoms with van der Waals surface area (Å²) in [5.41, 5.74) is 1.90. The van der Waals surface area contributed by atoms with Crippen LogP contribution in [0.3, 0.4) is 0 Å². The largest absolute Gasteiger partial charge is 0.383 e. The molecule has 1 aromatic rings. The van der Waals surface area contributed by atoms with Crippen molar-refractivity contribution >= 4 is 5.91 Å². The van der Waals surface area contributed by atoms with Gasteiger partial charge in [0.15, 0.2) is 0 Å². The van der Waals surface area contributed by atoms with Crippen LogP contribution in [0.15, 0.2) is 18.2 Å². The van der Waals surface area contributed by atoms with Gasteiger partial charge in [0.05, 0.1) is 12.5 Å². The maximum atomic E-state index is 14.0. The minimum atomic E-state index is -0.105. The summed E-state index contributed by atoms with van der Waals surface area (Å²) in [6.45, 7) is 7.74. The highest BCUT2D eigenvalue weighted by Crippen LogP contribution is 2.25. The van der Waals surface area contributed by atoms with Gasteiger partial charge in [-0.25, -0.2) is 4.39 Å². The highest BCUT2D eigenvalue weighted by Gasteiger charge is 2.31. The molecule has 28 heavy (non-hydrogen) atoms. The maximum absolute atomic E-state index is 14.0. The highest BCUT2D eigenvalue weighted by molar-refractivity contribution is 5.78. The van der Waals surface area contributed by atoms with Crippen molar-refractivity contribution in [1.29, 1.82) is 0 Å². The Bertz CT molecular complexity index is 647. The monoisotopic (exact) mass is 391 g/mol. The maximum Gasteiger partial charge on any atom is 0.224 e. The number of piperidine rings is 2. The number of nitrogens with zero attached hydrogens (tertiary/aromatic N) is 2. The summed E-state index contributed by atoms with van der Waals surface area (Å²) in [6.07, 6.45) is 4.23. The van der Waals surface area contributed by atoms with Crippen LogP contribution in [0.2, 0.25) is 0 Å². The quantitative estimate of drug-likeness (QED) is 0.726. The van der Waals surface area contributed by atoms with Crippen molar-refractivity contribution in [2.75, 3.05) is 46.4 Å². The summed E-state index contributed by atoms with van der Waals surface area (Å²) < 4.78 is 19.1. The lowest BCUT2D eigenvalue weighted by Crippen LogP contribution is -2.50. The minimum absolute atomic E-state index is 0.0880. The Morgan fingerprint density at radius 3 is 2.79 bits per heavy atom. The minimum Gasteiger partial charge on any atom is -0.383 e. The molecular formula is C22H34FN3O2. The molecule has 1 aromatic carbocycles. The van der Waals surface area contributed by atoms with Crippen LogP contribution < -0.4 is 5.32 Å². The molecule has 0 saturated carbocycles. The Morgan fingerprint density at radius 2 is 2.04 bits per heavy atom. The lowest BCUT2D eigenvalue weighted by molar-refractivity contribution is -0.127. The molecule has 156 valence electrons. The van der Waals surface area contributed by atoms with E-state index in [0.29, 0.717) is 25.7 Å². The molecule has 1 N–H and O–H groups in total. The summed E-state index contributed by atoms with van der Waals surface area (Å²) in [5, 5.41) is 2.99. The van der Waals surface area contributed by atoms with E-state index >= 15 is 0 Å². The van der Waals surface area contributed by atoms with E-state index in [0.717, 1.165) is 63.0 Å². The highest BCUT2D eigenvalue weighted by atomic mass is 19.1. The lowest BCUT2D eigenvalue weighted by Gasteiger charge is -2.42. The summed E-state index contributed by atoms with van der Waals surface area (Å²) in [5.74, 6) is 0.144. The molecule has 1 unspecified atom stereocenters. The molecule has 2 heterocycles. The average molecular weight is 392 g/mol. The topological polar surface area (TPSA) is 44.8 Å². The van der Waals surface area contributed by atoms with E-state index in [1.807, 2.05) is 19.1 Å². The number of benzene rings is 1. The van der Waals surface area contributed by atoms with Crippen LogP contribution in [0.4, 0.5) is 4.39 Å². The standard InChI is InChI=1S/C22H34FN3O2/c1-17-5-6-21(23)19(14-17)15-25-11-7-20(8-12-25)26-10-3-4-18(16-26)22(27)24-9-13-28-2/h5-6,14,18,20H,3-4,7-13,15-16H2,1-2H3,(H,24,27). The number of hydrogen-bond acceptors (Lipinski definition) is 4. The molecule has 2 saturated heterocycles. The molecule has 6 heteroatoms. The van der Waals surface area contributed by atoms with Gasteiger partial charge in [0, 0.05) is 38.3 Å². The molecule has 1 amide bonds. The van der Waals surface area contributed by atoms with Gasteiger partial charge in [-0.15, -0.1) is 0 Å². The number of rotatable bonds is 7. The molecule has 1 atom stereocenters. The zero-order chi connectivity index (χ0) is 19.9. The Balaban J connectivity index is 1.46. The third-order valence-corrected chi connectivity index (χ3v) is 6.10. The Labute approximate surface area is 168 Å². The van der Waals surface area contributed by atoms with E-state index in [2.05, 4.69) is 15.1 Å². The molecular weight excluding hydrogens is 357 g/mol. The Morgan fingerprint density at radius 1 is 1.25 bits per heavy atom. The van der Waals surface area contributed by atoms with Gasteiger partial charge < -0.3 is 10.1 Å². The van der Waals surface area contributed by atoms with Crippen LogP contribution >= 0.6 is 0 Å². The van der Waals surface area contributed by atoms with Gasteiger partial charge in [0.25, 0.3) is 0 Å². The first kappa shape index (κ1) is 21.2. The molecule has 2 fully saturated rings. The SMILES string of the molecule is COCCNC(=O)C1CCCN(C2CCN(Cc3cc(C)ccc3F)CC2)C1. The number of aryl methyl sites for hydroxylation is 1. The number of likely N-dealkylation sites (tertiary alicyclic amines) is 2. The average Bonchev–Trinajstić information content (AvgIpc) is 2.71. The number of methoxy groups -OCH3 is 1. The van der Waals surface area contributed by atoms with E-state index in [9.17, 15) is 9.18 Å². The molecule has 0 aliphatic carbocycles. The number of ether oxygens (including phenoxy) is 1. The second-order valence-electron chi connectivity index (χ2n) is 8.22.